The molecule has 28 heavy (non-hydrogen) atoms. The highest BCUT2D eigenvalue weighted by Crippen LogP contribution is 2.30. The van der Waals surface area contributed by atoms with Gasteiger partial charge in [0.25, 0.3) is 11.1 Å². The predicted molar refractivity (Wildman–Crippen MR) is 93.3 cm³/mol. The molecular formula is C14H17N7O7. The van der Waals surface area contributed by atoms with E-state index in [1.807, 2.05) is 4.98 Å². The Balaban J connectivity index is 0.000000236. The van der Waals surface area contributed by atoms with E-state index in [4.69, 9.17) is 15.6 Å². The quantitative estimate of drug-likeness (QED) is 0.225. The van der Waals surface area contributed by atoms with E-state index in [-0.39, 0.29) is 22.7 Å². The van der Waals surface area contributed by atoms with Crippen LogP contribution in [0.4, 0.5) is 5.95 Å². The summed E-state index contributed by atoms with van der Waals surface area (Å²) in [5.74, 6) is -0.101. The van der Waals surface area contributed by atoms with Crippen molar-refractivity contribution in [1.29, 1.82) is 0 Å². The lowest BCUT2D eigenvalue weighted by Crippen LogP contribution is -2.33. The van der Waals surface area contributed by atoms with Crippen LogP contribution < -0.4 is 22.5 Å². The van der Waals surface area contributed by atoms with Crippen molar-refractivity contribution >= 4 is 17.1 Å². The second-order valence-corrected chi connectivity index (χ2v) is 5.80. The van der Waals surface area contributed by atoms with Crippen LogP contribution in [0, 0.1) is 0 Å². The van der Waals surface area contributed by atoms with Crippen molar-refractivity contribution in [2.24, 2.45) is 0 Å². The predicted octanol–water partition coefficient (Wildman–Crippen LogP) is -3.62. The molecule has 3 aromatic rings. The highest BCUT2D eigenvalue weighted by Gasteiger charge is 2.44. The first-order valence-corrected chi connectivity index (χ1v) is 7.94. The second-order valence-electron chi connectivity index (χ2n) is 5.80. The maximum absolute atomic E-state index is 11.7. The first-order chi connectivity index (χ1) is 13.3. The third-order valence-electron chi connectivity index (χ3n) is 3.93. The van der Waals surface area contributed by atoms with Crippen LogP contribution in [0.5, 0.6) is 0 Å². The standard InChI is InChI=1S/C10H13N5O5.C4H4N2O2/c11-10-13-7-4(8(19)14-10)12-2-15(7)9-6(18)5(17)3(1-16)20-9;7-3-1-2-5-4(8)6-3/h2-3,5-6,9,16-18H,1H2,(H3,11,13,14,19);1-2H,(H2,5,6,7,8)/t3-,5-,6-,9-;/m1./s1. The van der Waals surface area contributed by atoms with E-state index >= 15 is 0 Å². The molecule has 14 heteroatoms. The molecule has 0 radical (unpaired) electrons. The average Bonchev–Trinajstić information content (AvgIpc) is 3.17. The number of imidazole rings is 1. The first kappa shape index (κ1) is 19.4. The lowest BCUT2D eigenvalue weighted by molar-refractivity contribution is -0.0511. The molecule has 1 aliphatic rings. The lowest BCUT2D eigenvalue weighted by Gasteiger charge is -2.16. The number of aliphatic hydroxyl groups excluding tert-OH is 3. The van der Waals surface area contributed by atoms with E-state index in [1.165, 1.54) is 23.2 Å². The van der Waals surface area contributed by atoms with Crippen LogP contribution >= 0.6 is 0 Å². The molecule has 4 heterocycles. The van der Waals surface area contributed by atoms with Crippen LogP contribution in [0.2, 0.25) is 0 Å². The third kappa shape index (κ3) is 3.70. The van der Waals surface area contributed by atoms with E-state index < -0.39 is 42.4 Å². The minimum atomic E-state index is -1.29. The van der Waals surface area contributed by atoms with E-state index in [9.17, 15) is 24.6 Å². The number of nitrogens with one attached hydrogen (secondary N) is 3. The molecule has 4 atom stereocenters. The number of ether oxygens (including phenoxy) is 1. The maximum Gasteiger partial charge on any atom is 0.325 e. The summed E-state index contributed by atoms with van der Waals surface area (Å²) < 4.78 is 6.64. The number of aliphatic hydroxyl groups is 3. The summed E-state index contributed by atoms with van der Waals surface area (Å²) in [6.07, 6.45) is -1.92. The third-order valence-corrected chi connectivity index (χ3v) is 3.93. The molecule has 1 fully saturated rings. The van der Waals surface area contributed by atoms with Crippen molar-refractivity contribution < 1.29 is 20.1 Å². The summed E-state index contributed by atoms with van der Waals surface area (Å²) in [4.78, 5) is 46.4. The normalized spacial score (nSPS) is 24.1. The summed E-state index contributed by atoms with van der Waals surface area (Å²) in [7, 11) is 0. The van der Waals surface area contributed by atoms with Gasteiger partial charge in [-0.1, -0.05) is 0 Å². The van der Waals surface area contributed by atoms with Crippen LogP contribution in [0.15, 0.2) is 33.0 Å². The van der Waals surface area contributed by atoms with Gasteiger partial charge in [0.15, 0.2) is 17.4 Å². The molecule has 0 spiro atoms. The Morgan fingerprint density at radius 3 is 2.54 bits per heavy atom. The minimum Gasteiger partial charge on any atom is -0.394 e. The van der Waals surface area contributed by atoms with Gasteiger partial charge >= 0.3 is 5.69 Å². The monoisotopic (exact) mass is 395 g/mol. The van der Waals surface area contributed by atoms with Crippen LogP contribution in [-0.4, -0.2) is 69.7 Å². The number of aromatic nitrogens is 6. The zero-order valence-corrected chi connectivity index (χ0v) is 14.1. The topological polar surface area (TPSA) is 225 Å². The SMILES string of the molecule is Nc1nc2c(ncn2[C@@H]2O[C@H](CO)[C@@H](O)[C@H]2O)c(=O)[nH]1.O=c1cc[nH]c(=O)[nH]1. The molecule has 14 nitrogen and oxygen atoms in total. The number of rotatable bonds is 2. The molecule has 4 rings (SSSR count). The number of hydrogen-bond acceptors (Lipinski definition) is 10. The number of nitrogens with zero attached hydrogens (tertiary/aromatic N) is 3. The van der Waals surface area contributed by atoms with Gasteiger partial charge in [0.1, 0.15) is 18.3 Å². The number of anilines is 1. The van der Waals surface area contributed by atoms with Crippen molar-refractivity contribution in [3.05, 3.63) is 49.8 Å². The number of H-pyrrole nitrogens is 3. The number of hydrogen-bond donors (Lipinski definition) is 7. The van der Waals surface area contributed by atoms with Crippen molar-refractivity contribution in [2.45, 2.75) is 24.5 Å². The zero-order chi connectivity index (χ0) is 20.4. The first-order valence-electron chi connectivity index (χ1n) is 7.94. The molecular weight excluding hydrogens is 378 g/mol. The molecule has 0 unspecified atom stereocenters. The molecule has 0 aliphatic carbocycles. The van der Waals surface area contributed by atoms with Crippen molar-refractivity contribution in [2.75, 3.05) is 12.3 Å². The lowest BCUT2D eigenvalue weighted by atomic mass is 10.1. The molecule has 8 N–H and O–H groups in total. The molecule has 1 saturated heterocycles. The minimum absolute atomic E-state index is 0.0388. The van der Waals surface area contributed by atoms with Crippen molar-refractivity contribution in [3.8, 4) is 0 Å². The van der Waals surface area contributed by atoms with Gasteiger partial charge in [-0.05, 0) is 0 Å². The Bertz CT molecular complexity index is 1110. The van der Waals surface area contributed by atoms with Gasteiger partial charge in [0, 0.05) is 12.3 Å². The molecule has 150 valence electrons. The van der Waals surface area contributed by atoms with Crippen LogP contribution in [0.25, 0.3) is 11.2 Å². The summed E-state index contributed by atoms with van der Waals surface area (Å²) >= 11 is 0. The Morgan fingerprint density at radius 2 is 1.96 bits per heavy atom. The van der Waals surface area contributed by atoms with E-state index in [0.717, 1.165) is 0 Å². The Labute approximate surface area is 154 Å². The van der Waals surface area contributed by atoms with E-state index in [0.29, 0.717) is 0 Å². The maximum atomic E-state index is 11.7. The van der Waals surface area contributed by atoms with Crippen LogP contribution in [-0.2, 0) is 4.74 Å². The van der Waals surface area contributed by atoms with Gasteiger partial charge in [-0.2, -0.15) is 4.98 Å². The number of nitrogens with two attached hydrogens (primary N) is 1. The van der Waals surface area contributed by atoms with Crippen LogP contribution in [0.1, 0.15) is 6.23 Å². The molecule has 0 saturated carbocycles. The largest absolute Gasteiger partial charge is 0.394 e. The highest BCUT2D eigenvalue weighted by atomic mass is 16.6. The Kier molecular flexibility index (Phi) is 5.36. The molecule has 1 aliphatic heterocycles. The fourth-order valence-corrected chi connectivity index (χ4v) is 2.62. The average molecular weight is 395 g/mol. The van der Waals surface area contributed by atoms with Gasteiger partial charge in [-0.15, -0.1) is 0 Å². The zero-order valence-electron chi connectivity index (χ0n) is 14.1. The van der Waals surface area contributed by atoms with Gasteiger partial charge in [-0.25, -0.2) is 9.78 Å². The number of fused-ring (bicyclic) bond motifs is 1. The summed E-state index contributed by atoms with van der Waals surface area (Å²) in [5, 5.41) is 28.7. The molecule has 0 bridgehead atoms. The number of nitrogen functional groups attached to an aromatic ring is 1. The van der Waals surface area contributed by atoms with Gasteiger partial charge in [-0.3, -0.25) is 24.1 Å². The van der Waals surface area contributed by atoms with E-state index in [1.54, 1.807) is 0 Å². The van der Waals surface area contributed by atoms with E-state index in [2.05, 4.69) is 19.9 Å². The molecule has 0 amide bonds. The smallest absolute Gasteiger partial charge is 0.325 e. The number of aromatic amines is 3. The Morgan fingerprint density at radius 1 is 1.21 bits per heavy atom. The summed E-state index contributed by atoms with van der Waals surface area (Å²) in [6, 6.07) is 1.24. The van der Waals surface area contributed by atoms with Gasteiger partial charge < -0.3 is 30.8 Å². The van der Waals surface area contributed by atoms with Crippen LogP contribution in [0.3, 0.4) is 0 Å². The van der Waals surface area contributed by atoms with Crippen molar-refractivity contribution in [1.82, 2.24) is 29.5 Å². The summed E-state index contributed by atoms with van der Waals surface area (Å²) in [6.45, 7) is -0.447. The summed E-state index contributed by atoms with van der Waals surface area (Å²) in [5.41, 5.74) is 4.26. The Hall–Kier alpha value is -3.33. The van der Waals surface area contributed by atoms with Gasteiger partial charge in [0.2, 0.25) is 5.95 Å². The second kappa shape index (κ2) is 7.73. The fraction of sp³-hybridized carbons (Fsp3) is 0.357. The molecule has 0 aromatic carbocycles. The van der Waals surface area contributed by atoms with Crippen molar-refractivity contribution in [3.63, 3.8) is 0 Å². The fourth-order valence-electron chi connectivity index (χ4n) is 2.62. The highest BCUT2D eigenvalue weighted by molar-refractivity contribution is 5.70. The van der Waals surface area contributed by atoms with Gasteiger partial charge in [0.05, 0.1) is 12.9 Å². The molecule has 3 aromatic heterocycles.